The number of hydrogen-bond donors (Lipinski definition) is 2. The molecule has 9 rings (SSSR count). The van der Waals surface area contributed by atoms with Crippen LogP contribution in [0.1, 0.15) is 66.6 Å². The molecule has 2 aromatic carbocycles. The van der Waals surface area contributed by atoms with Crippen LogP contribution in [0.2, 0.25) is 0 Å². The molecule has 7 heterocycles. The number of pyridine rings is 1. The Kier molecular flexibility index (Phi) is 10.9. The Morgan fingerprint density at radius 3 is 2.41 bits per heavy atom. The molecule has 5 aliphatic rings. The number of nitrogens with one attached hydrogen (secondary N) is 2. The van der Waals surface area contributed by atoms with Crippen molar-refractivity contribution in [1.29, 1.82) is 0 Å². The summed E-state index contributed by atoms with van der Waals surface area (Å²) in [5.41, 5.74) is 5.07. The van der Waals surface area contributed by atoms with E-state index in [9.17, 15) is 14.4 Å². The predicted octanol–water partition coefficient (Wildman–Crippen LogP) is 5.56. The smallest absolute Gasteiger partial charge is 0.280 e. The molecule has 2 aromatic heterocycles. The highest BCUT2D eigenvalue weighted by atomic mass is 19.1. The van der Waals surface area contributed by atoms with Crippen LogP contribution >= 0.6 is 0 Å². The molecule has 2 N–H and O–H groups in total. The van der Waals surface area contributed by atoms with Gasteiger partial charge in [0.15, 0.2) is 0 Å². The number of rotatable bonds is 4. The van der Waals surface area contributed by atoms with Crippen molar-refractivity contribution in [3.8, 4) is 17.1 Å². The van der Waals surface area contributed by atoms with Gasteiger partial charge in [-0.15, -0.1) is 0 Å². The lowest BCUT2D eigenvalue weighted by atomic mass is 9.89. The lowest BCUT2D eigenvalue weighted by Gasteiger charge is -2.45. The predicted molar refractivity (Wildman–Crippen MR) is 225 cm³/mol. The molecule has 0 unspecified atom stereocenters. The number of aliphatic imine (C=N–C) groups is 1. The van der Waals surface area contributed by atoms with Crippen molar-refractivity contribution in [3.63, 3.8) is 0 Å². The van der Waals surface area contributed by atoms with Crippen LogP contribution in [0.3, 0.4) is 0 Å². The van der Waals surface area contributed by atoms with Crippen LogP contribution < -0.4 is 30.1 Å². The number of piperidine rings is 2. The first kappa shape index (κ1) is 40.4. The third-order valence-corrected chi connectivity index (χ3v) is 12.6. The van der Waals surface area contributed by atoms with Gasteiger partial charge in [0.05, 0.1) is 47.9 Å². The number of aryl methyl sites for hydroxylation is 2. The average Bonchev–Trinajstić information content (AvgIpc) is 3.77. The molecule has 4 atom stereocenters. The zero-order chi connectivity index (χ0) is 42.5. The van der Waals surface area contributed by atoms with E-state index in [0.717, 1.165) is 47.6 Å². The molecule has 14 nitrogen and oxygen atoms in total. The monoisotopic (exact) mass is 838 g/mol. The molecular formula is C44H49F3N10O4. The van der Waals surface area contributed by atoms with E-state index in [1.54, 1.807) is 27.9 Å². The van der Waals surface area contributed by atoms with Gasteiger partial charge in [0.2, 0.25) is 23.7 Å². The van der Waals surface area contributed by atoms with Crippen molar-refractivity contribution >= 4 is 46.4 Å². The SMILES string of the molecule is Cc1cc2cc(n1)-c1cnn(C)c1OCCC[C@@H](C)CN1/C(=N/C2=O)Nc2ccc(N3CCN([C@H]4CCN(c5cc(F)c([C@H]6CCC(=O)NC6=O)c(F)c5)C[C@@H]4F)CC3)cc21. The van der Waals surface area contributed by atoms with Gasteiger partial charge in [-0.1, -0.05) is 6.92 Å². The third-order valence-electron chi connectivity index (χ3n) is 12.6. The first-order valence-corrected chi connectivity index (χ1v) is 21.1. The number of piperazine rings is 1. The van der Waals surface area contributed by atoms with Crippen LogP contribution in [0.4, 0.5) is 35.9 Å². The normalized spacial score (nSPS) is 24.7. The fraction of sp³-hybridized carbons (Fsp3) is 0.455. The van der Waals surface area contributed by atoms with Crippen LogP contribution in [0.15, 0.2) is 53.7 Å². The Bertz CT molecular complexity index is 2390. The number of amides is 3. The van der Waals surface area contributed by atoms with Gasteiger partial charge in [-0.05, 0) is 81.0 Å². The molecule has 5 aliphatic heterocycles. The quantitative estimate of drug-likeness (QED) is 0.250. The van der Waals surface area contributed by atoms with E-state index in [2.05, 4.69) is 54.5 Å². The summed E-state index contributed by atoms with van der Waals surface area (Å²) in [6.07, 6.45) is 2.67. The number of ether oxygens (including phenoxy) is 1. The van der Waals surface area contributed by atoms with Crippen molar-refractivity contribution in [1.82, 2.24) is 25.0 Å². The summed E-state index contributed by atoms with van der Waals surface area (Å²) in [6.45, 7) is 8.20. The Labute approximate surface area is 351 Å². The maximum absolute atomic E-state index is 16.0. The molecule has 3 fully saturated rings. The number of alkyl halides is 1. The number of anilines is 4. The van der Waals surface area contributed by atoms with E-state index < -0.39 is 41.4 Å². The maximum atomic E-state index is 16.0. The third kappa shape index (κ3) is 8.02. The first-order chi connectivity index (χ1) is 29.4. The highest BCUT2D eigenvalue weighted by molar-refractivity contribution is 6.19. The van der Waals surface area contributed by atoms with Crippen LogP contribution in [-0.4, -0.2) is 108 Å². The number of nitrogens with zero attached hydrogens (tertiary/aromatic N) is 8. The Hall–Kier alpha value is -5.97. The minimum atomic E-state index is -1.25. The summed E-state index contributed by atoms with van der Waals surface area (Å²) >= 11 is 0. The van der Waals surface area contributed by atoms with Gasteiger partial charge in [0.25, 0.3) is 5.91 Å². The van der Waals surface area contributed by atoms with E-state index in [4.69, 9.17) is 9.72 Å². The zero-order valence-corrected chi connectivity index (χ0v) is 34.5. The van der Waals surface area contributed by atoms with E-state index in [0.29, 0.717) is 81.1 Å². The Morgan fingerprint density at radius 2 is 1.66 bits per heavy atom. The summed E-state index contributed by atoms with van der Waals surface area (Å²) in [6, 6.07) is 11.7. The van der Waals surface area contributed by atoms with Gasteiger partial charge in [0.1, 0.15) is 17.8 Å². The van der Waals surface area contributed by atoms with Crippen molar-refractivity contribution in [2.45, 2.75) is 64.1 Å². The molecule has 3 saturated heterocycles. The zero-order valence-electron chi connectivity index (χ0n) is 34.5. The lowest BCUT2D eigenvalue weighted by Crippen LogP contribution is -2.58. The summed E-state index contributed by atoms with van der Waals surface area (Å²) in [4.78, 5) is 55.3. The standard InChI is InChI=1S/C44H49F3N10O4/c1-25-5-4-16-61-43-31(22-48-53(43)3)36-18-27(17-26(2)49-36)41(59)52-44-50-35-8-6-28(21-38(35)57(44)23-25)54-12-14-55(15-13-54)37-10-11-56(24-34(37)47)29-19-32(45)40(33(46)20-29)30-7-9-39(58)51-42(30)60/h6,8,17-22,25,30,34,37H,4-5,7,9-16,23-24H2,1-3H3,(H,50,52,59)(H,51,58,60)/t25-,30-,34+,37+/m1/s1. The fourth-order valence-corrected chi connectivity index (χ4v) is 9.39. The number of aromatic nitrogens is 3. The van der Waals surface area contributed by atoms with E-state index in [1.165, 1.54) is 0 Å². The van der Waals surface area contributed by atoms with Crippen molar-refractivity contribution in [3.05, 3.63) is 77.1 Å². The van der Waals surface area contributed by atoms with Gasteiger partial charge < -0.3 is 24.8 Å². The molecular weight excluding hydrogens is 790 g/mol. The van der Waals surface area contributed by atoms with Crippen LogP contribution in [0.5, 0.6) is 5.88 Å². The average molecular weight is 839 g/mol. The molecule has 61 heavy (non-hydrogen) atoms. The summed E-state index contributed by atoms with van der Waals surface area (Å²) < 4.78 is 54.5. The number of carbonyl (C=O) groups is 3. The molecule has 320 valence electrons. The van der Waals surface area contributed by atoms with Gasteiger partial charge >= 0.3 is 0 Å². The van der Waals surface area contributed by atoms with Crippen LogP contribution in [-0.2, 0) is 16.6 Å². The molecule has 0 saturated carbocycles. The summed E-state index contributed by atoms with van der Waals surface area (Å²) in [5.74, 6) is -3.11. The van der Waals surface area contributed by atoms with E-state index in [1.807, 2.05) is 20.0 Å². The number of guanidine groups is 1. The van der Waals surface area contributed by atoms with Crippen LogP contribution in [0.25, 0.3) is 11.3 Å². The molecule has 2 bridgehead atoms. The van der Waals surface area contributed by atoms with Crippen molar-refractivity contribution in [2.24, 2.45) is 18.0 Å². The topological polar surface area (TPSA) is 141 Å². The molecule has 0 aliphatic carbocycles. The van der Waals surface area contributed by atoms with Gasteiger partial charge in [-0.25, -0.2) is 17.9 Å². The minimum absolute atomic E-state index is 0.00510. The maximum Gasteiger partial charge on any atom is 0.280 e. The number of hydrogen-bond acceptors (Lipinski definition) is 11. The number of halogens is 3. The first-order valence-electron chi connectivity index (χ1n) is 21.1. The molecule has 17 heteroatoms. The van der Waals surface area contributed by atoms with Crippen molar-refractivity contribution < 1.29 is 32.3 Å². The Morgan fingerprint density at radius 1 is 0.869 bits per heavy atom. The van der Waals surface area contributed by atoms with E-state index in [-0.39, 0.29) is 42.6 Å². The largest absolute Gasteiger partial charge is 0.477 e. The second-order valence-corrected chi connectivity index (χ2v) is 16.8. The number of carbonyl (C=O) groups excluding carboxylic acids is 3. The highest BCUT2D eigenvalue weighted by Crippen LogP contribution is 2.39. The van der Waals surface area contributed by atoms with Crippen LogP contribution in [0, 0.1) is 24.5 Å². The number of fused-ring (bicyclic) bond motifs is 7. The second-order valence-electron chi connectivity index (χ2n) is 16.8. The second kappa shape index (κ2) is 16.5. The van der Waals surface area contributed by atoms with Crippen molar-refractivity contribution in [2.75, 3.05) is 72.4 Å². The van der Waals surface area contributed by atoms with Gasteiger partial charge in [-0.3, -0.25) is 29.6 Å². The minimum Gasteiger partial charge on any atom is -0.477 e. The molecule has 0 radical (unpaired) electrons. The molecule has 3 amide bonds. The highest BCUT2D eigenvalue weighted by Gasteiger charge is 2.38. The molecule has 4 aromatic rings. The number of imide groups is 1. The van der Waals surface area contributed by atoms with Gasteiger partial charge in [-0.2, -0.15) is 10.1 Å². The summed E-state index contributed by atoms with van der Waals surface area (Å²) in [5, 5.41) is 9.95. The van der Waals surface area contributed by atoms with Gasteiger partial charge in [0, 0.05) is 87.0 Å². The Balaban J connectivity index is 0.871. The summed E-state index contributed by atoms with van der Waals surface area (Å²) in [7, 11) is 1.83. The number of benzene rings is 2. The lowest BCUT2D eigenvalue weighted by molar-refractivity contribution is -0.134. The fourth-order valence-electron chi connectivity index (χ4n) is 9.39. The molecule has 0 spiro atoms. The van der Waals surface area contributed by atoms with E-state index >= 15 is 13.2 Å².